The molecule has 1 unspecified atom stereocenters. The molecule has 6 nitrogen and oxygen atoms in total. The lowest BCUT2D eigenvalue weighted by molar-refractivity contribution is 0.0551. The molecule has 6 heteroatoms. The van der Waals surface area contributed by atoms with Gasteiger partial charge in [-0.25, -0.2) is 0 Å². The Labute approximate surface area is 171 Å². The molecule has 3 aromatic rings. The van der Waals surface area contributed by atoms with Crippen LogP contribution in [0.1, 0.15) is 40.3 Å². The lowest BCUT2D eigenvalue weighted by Crippen LogP contribution is -2.49. The van der Waals surface area contributed by atoms with Gasteiger partial charge in [-0.3, -0.25) is 9.69 Å². The second-order valence-electron chi connectivity index (χ2n) is 7.70. The first-order valence-corrected chi connectivity index (χ1v) is 10.0. The van der Waals surface area contributed by atoms with Gasteiger partial charge in [-0.15, -0.1) is 0 Å². The van der Waals surface area contributed by atoms with Crippen LogP contribution in [0, 0.1) is 13.8 Å². The molecule has 2 aromatic carbocycles. The average molecular weight is 390 g/mol. The third kappa shape index (κ3) is 4.22. The standard InChI is InChI=1S/C23H26N4O2/c1-16-7-9-19(10-8-16)21-24-22(29-25-21)18(3)26-11-13-27(14-12-26)23(28)20-6-4-5-17(2)15-20/h4-10,15,18H,11-14H2,1-3H3. The Morgan fingerprint density at radius 3 is 2.41 bits per heavy atom. The predicted octanol–water partition coefficient (Wildman–Crippen LogP) is 3.87. The van der Waals surface area contributed by atoms with Gasteiger partial charge >= 0.3 is 0 Å². The fraction of sp³-hybridized carbons (Fsp3) is 0.348. The van der Waals surface area contributed by atoms with E-state index in [4.69, 9.17) is 4.52 Å². The van der Waals surface area contributed by atoms with E-state index in [2.05, 4.69) is 28.9 Å². The summed E-state index contributed by atoms with van der Waals surface area (Å²) in [5, 5.41) is 4.15. The highest BCUT2D eigenvalue weighted by atomic mass is 16.5. The van der Waals surface area contributed by atoms with Crippen LogP contribution in [-0.2, 0) is 0 Å². The van der Waals surface area contributed by atoms with Crippen molar-refractivity contribution in [2.45, 2.75) is 26.8 Å². The van der Waals surface area contributed by atoms with Crippen LogP contribution in [-0.4, -0.2) is 52.0 Å². The van der Waals surface area contributed by atoms with Crippen LogP contribution in [0.2, 0.25) is 0 Å². The van der Waals surface area contributed by atoms with Crippen molar-refractivity contribution < 1.29 is 9.32 Å². The molecule has 1 aromatic heterocycles. The van der Waals surface area contributed by atoms with Crippen LogP contribution in [0.4, 0.5) is 0 Å². The summed E-state index contributed by atoms with van der Waals surface area (Å²) in [4.78, 5) is 21.6. The van der Waals surface area contributed by atoms with Gasteiger partial charge in [0.25, 0.3) is 5.91 Å². The molecule has 2 heterocycles. The van der Waals surface area contributed by atoms with Crippen molar-refractivity contribution >= 4 is 5.91 Å². The Balaban J connectivity index is 1.38. The first-order chi connectivity index (χ1) is 14.0. The molecule has 1 saturated heterocycles. The van der Waals surface area contributed by atoms with Gasteiger partial charge in [0.15, 0.2) is 0 Å². The number of aromatic nitrogens is 2. The monoisotopic (exact) mass is 390 g/mol. The van der Waals surface area contributed by atoms with Crippen LogP contribution >= 0.6 is 0 Å². The number of aryl methyl sites for hydroxylation is 2. The van der Waals surface area contributed by atoms with E-state index in [9.17, 15) is 4.79 Å². The Hall–Kier alpha value is -2.99. The van der Waals surface area contributed by atoms with Gasteiger partial charge in [-0.1, -0.05) is 52.7 Å². The highest BCUT2D eigenvalue weighted by Crippen LogP contribution is 2.24. The van der Waals surface area contributed by atoms with E-state index in [0.29, 0.717) is 24.8 Å². The lowest BCUT2D eigenvalue weighted by Gasteiger charge is -2.36. The molecule has 0 aliphatic carbocycles. The molecule has 1 aliphatic rings. The number of nitrogens with zero attached hydrogens (tertiary/aromatic N) is 4. The number of rotatable bonds is 4. The molecule has 4 rings (SSSR count). The number of hydrogen-bond donors (Lipinski definition) is 0. The molecule has 0 saturated carbocycles. The van der Waals surface area contributed by atoms with Crippen molar-refractivity contribution in [3.63, 3.8) is 0 Å². The molecule has 0 spiro atoms. The van der Waals surface area contributed by atoms with Crippen molar-refractivity contribution in [1.29, 1.82) is 0 Å². The zero-order valence-electron chi connectivity index (χ0n) is 17.1. The van der Waals surface area contributed by atoms with Gasteiger partial charge in [0.1, 0.15) is 0 Å². The number of piperazine rings is 1. The minimum Gasteiger partial charge on any atom is -0.337 e. The van der Waals surface area contributed by atoms with Gasteiger partial charge in [0.2, 0.25) is 11.7 Å². The molecule has 1 aliphatic heterocycles. The first-order valence-electron chi connectivity index (χ1n) is 10.0. The normalized spacial score (nSPS) is 16.0. The highest BCUT2D eigenvalue weighted by molar-refractivity contribution is 5.94. The summed E-state index contributed by atoms with van der Waals surface area (Å²) in [6.45, 7) is 9.07. The van der Waals surface area contributed by atoms with E-state index in [1.165, 1.54) is 5.56 Å². The van der Waals surface area contributed by atoms with Crippen molar-refractivity contribution in [3.8, 4) is 11.4 Å². The van der Waals surface area contributed by atoms with Crippen molar-refractivity contribution in [2.75, 3.05) is 26.2 Å². The van der Waals surface area contributed by atoms with E-state index >= 15 is 0 Å². The SMILES string of the molecule is Cc1ccc(-c2noc(C(C)N3CCN(C(=O)c4cccc(C)c4)CC3)n2)cc1. The smallest absolute Gasteiger partial charge is 0.253 e. The fourth-order valence-electron chi connectivity index (χ4n) is 3.65. The summed E-state index contributed by atoms with van der Waals surface area (Å²) in [6.07, 6.45) is 0. The minimum absolute atomic E-state index is 0.0120. The second-order valence-corrected chi connectivity index (χ2v) is 7.70. The highest BCUT2D eigenvalue weighted by Gasteiger charge is 2.28. The molecule has 0 N–H and O–H groups in total. The van der Waals surface area contributed by atoms with Gasteiger partial charge in [0, 0.05) is 37.3 Å². The van der Waals surface area contributed by atoms with E-state index < -0.39 is 0 Å². The van der Waals surface area contributed by atoms with Gasteiger partial charge in [-0.05, 0) is 32.9 Å². The van der Waals surface area contributed by atoms with Crippen LogP contribution in [0.25, 0.3) is 11.4 Å². The summed E-state index contributed by atoms with van der Waals surface area (Å²) in [5.41, 5.74) is 4.00. The predicted molar refractivity (Wildman–Crippen MR) is 112 cm³/mol. The number of amides is 1. The van der Waals surface area contributed by atoms with Gasteiger partial charge < -0.3 is 9.42 Å². The first kappa shape index (κ1) is 19.3. The summed E-state index contributed by atoms with van der Waals surface area (Å²) in [5.74, 6) is 1.32. The van der Waals surface area contributed by atoms with Crippen molar-refractivity contribution in [2.24, 2.45) is 0 Å². The Morgan fingerprint density at radius 2 is 1.72 bits per heavy atom. The van der Waals surface area contributed by atoms with Crippen LogP contribution in [0.3, 0.4) is 0 Å². The third-order valence-electron chi connectivity index (χ3n) is 5.52. The van der Waals surface area contributed by atoms with Crippen LogP contribution in [0.15, 0.2) is 53.1 Å². The van der Waals surface area contributed by atoms with Crippen LogP contribution in [0.5, 0.6) is 0 Å². The summed E-state index contributed by atoms with van der Waals surface area (Å²) in [6, 6.07) is 15.9. The Kier molecular flexibility index (Phi) is 5.45. The Bertz CT molecular complexity index is 988. The molecular formula is C23H26N4O2. The molecular weight excluding hydrogens is 364 g/mol. The molecule has 150 valence electrons. The summed E-state index contributed by atoms with van der Waals surface area (Å²) in [7, 11) is 0. The lowest BCUT2D eigenvalue weighted by atomic mass is 10.1. The molecule has 1 atom stereocenters. The van der Waals surface area contributed by atoms with E-state index in [1.54, 1.807) is 0 Å². The zero-order chi connectivity index (χ0) is 20.4. The van der Waals surface area contributed by atoms with E-state index in [0.717, 1.165) is 29.8 Å². The topological polar surface area (TPSA) is 62.5 Å². The maximum atomic E-state index is 12.7. The number of hydrogen-bond acceptors (Lipinski definition) is 5. The molecule has 1 amide bonds. The largest absolute Gasteiger partial charge is 0.337 e. The van der Waals surface area contributed by atoms with Crippen molar-refractivity contribution in [3.05, 3.63) is 71.1 Å². The number of carbonyl (C=O) groups excluding carboxylic acids is 1. The summed E-state index contributed by atoms with van der Waals surface area (Å²) < 4.78 is 5.54. The zero-order valence-corrected chi connectivity index (χ0v) is 17.1. The Morgan fingerprint density at radius 1 is 1.00 bits per heavy atom. The average Bonchev–Trinajstić information content (AvgIpc) is 3.23. The number of carbonyl (C=O) groups is 1. The second kappa shape index (κ2) is 8.17. The molecule has 1 fully saturated rings. The van der Waals surface area contributed by atoms with Crippen molar-refractivity contribution in [1.82, 2.24) is 19.9 Å². The molecule has 0 bridgehead atoms. The van der Waals surface area contributed by atoms with Crippen LogP contribution < -0.4 is 0 Å². The van der Waals surface area contributed by atoms with Gasteiger partial charge in [-0.2, -0.15) is 4.98 Å². The number of benzene rings is 2. The fourth-order valence-corrected chi connectivity index (χ4v) is 3.65. The van der Waals surface area contributed by atoms with Gasteiger partial charge in [0.05, 0.1) is 6.04 Å². The van der Waals surface area contributed by atoms with E-state index in [-0.39, 0.29) is 11.9 Å². The third-order valence-corrected chi connectivity index (χ3v) is 5.52. The summed E-state index contributed by atoms with van der Waals surface area (Å²) >= 11 is 0. The minimum atomic E-state index is 0.0120. The quantitative estimate of drug-likeness (QED) is 0.677. The maximum absolute atomic E-state index is 12.7. The maximum Gasteiger partial charge on any atom is 0.253 e. The van der Waals surface area contributed by atoms with E-state index in [1.807, 2.05) is 60.4 Å². The molecule has 0 radical (unpaired) electrons. The molecule has 29 heavy (non-hydrogen) atoms.